The van der Waals surface area contributed by atoms with E-state index in [4.69, 9.17) is 0 Å². The van der Waals surface area contributed by atoms with Gasteiger partial charge in [0.25, 0.3) is 0 Å². The molecule has 21 heavy (non-hydrogen) atoms. The Morgan fingerprint density at radius 1 is 1.29 bits per heavy atom. The monoisotopic (exact) mass is 294 g/mol. The van der Waals surface area contributed by atoms with Crippen LogP contribution in [-0.2, 0) is 4.79 Å². The number of hydrogen-bond donors (Lipinski definition) is 1. The Hall–Kier alpha value is -0.570. The van der Waals surface area contributed by atoms with Gasteiger partial charge in [0.1, 0.15) is 0 Å². The van der Waals surface area contributed by atoms with E-state index in [1.165, 1.54) is 25.7 Å². The van der Waals surface area contributed by atoms with Crippen LogP contribution in [-0.4, -0.2) is 29.1 Å². The summed E-state index contributed by atoms with van der Waals surface area (Å²) in [5, 5.41) is 3.62. The highest BCUT2D eigenvalue weighted by Gasteiger charge is 2.43. The molecular weight excluding hydrogens is 260 g/mol. The summed E-state index contributed by atoms with van der Waals surface area (Å²) in [7, 11) is 0. The maximum atomic E-state index is 12.9. The molecule has 2 unspecified atom stereocenters. The number of nitrogens with one attached hydrogen (secondary N) is 1. The summed E-state index contributed by atoms with van der Waals surface area (Å²) in [5.74, 6) is 0.936. The third-order valence-electron chi connectivity index (χ3n) is 5.25. The molecule has 3 nitrogen and oxygen atoms in total. The van der Waals surface area contributed by atoms with E-state index in [2.05, 4.69) is 44.8 Å². The van der Waals surface area contributed by atoms with Crippen molar-refractivity contribution in [2.24, 2.45) is 11.3 Å². The topological polar surface area (TPSA) is 32.3 Å². The van der Waals surface area contributed by atoms with Crippen LogP contribution in [0.2, 0.25) is 0 Å². The molecule has 0 aromatic rings. The molecule has 1 saturated carbocycles. The Kier molecular flexibility index (Phi) is 5.34. The van der Waals surface area contributed by atoms with E-state index in [1.54, 1.807) is 0 Å². The Morgan fingerprint density at radius 2 is 1.90 bits per heavy atom. The summed E-state index contributed by atoms with van der Waals surface area (Å²) < 4.78 is 0. The standard InChI is InChI=1S/C18H34N2O/c1-6-7-16-19-15(12-13(2)3)17(21)20(16)14-8-10-18(4,5)11-9-14/h13-16,19H,6-12H2,1-5H3. The van der Waals surface area contributed by atoms with Gasteiger partial charge < -0.3 is 4.90 Å². The van der Waals surface area contributed by atoms with Gasteiger partial charge in [0.05, 0.1) is 12.2 Å². The molecule has 0 aromatic heterocycles. The van der Waals surface area contributed by atoms with E-state index in [9.17, 15) is 4.79 Å². The van der Waals surface area contributed by atoms with E-state index in [1.807, 2.05) is 0 Å². The molecule has 2 aliphatic rings. The number of carbonyl (C=O) groups is 1. The fraction of sp³-hybridized carbons (Fsp3) is 0.944. The Bertz CT molecular complexity index is 354. The van der Waals surface area contributed by atoms with Crippen LogP contribution in [0.3, 0.4) is 0 Å². The number of rotatable bonds is 5. The molecule has 1 amide bonds. The van der Waals surface area contributed by atoms with Crippen molar-refractivity contribution in [1.82, 2.24) is 10.2 Å². The molecule has 3 heteroatoms. The normalized spacial score (nSPS) is 30.4. The highest BCUT2D eigenvalue weighted by molar-refractivity contribution is 5.84. The van der Waals surface area contributed by atoms with Crippen molar-refractivity contribution in [3.8, 4) is 0 Å². The molecule has 2 rings (SSSR count). The number of amides is 1. The molecule has 1 N–H and O–H groups in total. The van der Waals surface area contributed by atoms with Gasteiger partial charge in [-0.1, -0.05) is 41.0 Å². The summed E-state index contributed by atoms with van der Waals surface area (Å²) in [4.78, 5) is 15.1. The van der Waals surface area contributed by atoms with Gasteiger partial charge in [-0.05, 0) is 49.9 Å². The van der Waals surface area contributed by atoms with Crippen LogP contribution in [0.5, 0.6) is 0 Å². The van der Waals surface area contributed by atoms with Crippen molar-refractivity contribution in [2.45, 2.75) is 97.8 Å². The number of hydrogen-bond acceptors (Lipinski definition) is 2. The highest BCUT2D eigenvalue weighted by Crippen LogP contribution is 2.38. The van der Waals surface area contributed by atoms with E-state index >= 15 is 0 Å². The lowest BCUT2D eigenvalue weighted by atomic mass is 9.75. The zero-order chi connectivity index (χ0) is 15.6. The fourth-order valence-corrected chi connectivity index (χ4v) is 3.95. The van der Waals surface area contributed by atoms with Crippen LogP contribution in [0.4, 0.5) is 0 Å². The Labute approximate surface area is 130 Å². The molecule has 2 fully saturated rings. The van der Waals surface area contributed by atoms with Gasteiger partial charge in [0, 0.05) is 6.04 Å². The molecule has 0 radical (unpaired) electrons. The Morgan fingerprint density at radius 3 is 2.43 bits per heavy atom. The highest BCUT2D eigenvalue weighted by atomic mass is 16.2. The van der Waals surface area contributed by atoms with E-state index in [-0.39, 0.29) is 12.2 Å². The second-order valence-corrected chi connectivity index (χ2v) is 8.29. The minimum Gasteiger partial charge on any atom is -0.323 e. The van der Waals surface area contributed by atoms with E-state index in [0.29, 0.717) is 23.3 Å². The minimum absolute atomic E-state index is 0.0523. The first-order valence-electron chi connectivity index (χ1n) is 8.92. The average Bonchev–Trinajstić information content (AvgIpc) is 2.67. The van der Waals surface area contributed by atoms with Gasteiger partial charge in [-0.25, -0.2) is 0 Å². The molecule has 122 valence electrons. The van der Waals surface area contributed by atoms with Crippen molar-refractivity contribution < 1.29 is 4.79 Å². The third kappa shape index (κ3) is 4.00. The van der Waals surface area contributed by atoms with Gasteiger partial charge in [0.2, 0.25) is 5.91 Å². The molecule has 1 aliphatic heterocycles. The van der Waals surface area contributed by atoms with Gasteiger partial charge in [0.15, 0.2) is 0 Å². The second-order valence-electron chi connectivity index (χ2n) is 8.29. The molecule has 0 bridgehead atoms. The first-order valence-corrected chi connectivity index (χ1v) is 8.92. The van der Waals surface area contributed by atoms with Crippen LogP contribution in [0.1, 0.15) is 79.6 Å². The SMILES string of the molecule is CCCC1NC(CC(C)C)C(=O)N1C1CCC(C)(C)CC1. The summed E-state index contributed by atoms with van der Waals surface area (Å²) in [5.41, 5.74) is 0.463. The summed E-state index contributed by atoms with van der Waals surface area (Å²) in [6.45, 7) is 11.3. The maximum Gasteiger partial charge on any atom is 0.241 e. The van der Waals surface area contributed by atoms with Gasteiger partial charge in [-0.15, -0.1) is 0 Å². The van der Waals surface area contributed by atoms with Gasteiger partial charge in [-0.3, -0.25) is 10.1 Å². The summed E-state index contributed by atoms with van der Waals surface area (Å²) in [6, 6.07) is 0.517. The predicted molar refractivity (Wildman–Crippen MR) is 88.0 cm³/mol. The van der Waals surface area contributed by atoms with Gasteiger partial charge in [-0.2, -0.15) is 0 Å². The molecule has 2 atom stereocenters. The van der Waals surface area contributed by atoms with Crippen LogP contribution in [0.25, 0.3) is 0 Å². The molecule has 1 heterocycles. The minimum atomic E-state index is 0.0523. The molecule has 0 spiro atoms. The van der Waals surface area contributed by atoms with E-state index in [0.717, 1.165) is 19.3 Å². The number of nitrogens with zero attached hydrogens (tertiary/aromatic N) is 1. The maximum absolute atomic E-state index is 12.9. The van der Waals surface area contributed by atoms with Crippen LogP contribution >= 0.6 is 0 Å². The largest absolute Gasteiger partial charge is 0.323 e. The quantitative estimate of drug-likeness (QED) is 0.833. The van der Waals surface area contributed by atoms with E-state index < -0.39 is 0 Å². The zero-order valence-corrected chi connectivity index (χ0v) is 14.6. The molecule has 0 aromatic carbocycles. The zero-order valence-electron chi connectivity index (χ0n) is 14.6. The molecular formula is C18H34N2O. The van der Waals surface area contributed by atoms with Crippen molar-refractivity contribution in [3.05, 3.63) is 0 Å². The fourth-order valence-electron chi connectivity index (χ4n) is 3.95. The van der Waals surface area contributed by atoms with Gasteiger partial charge >= 0.3 is 0 Å². The second kappa shape index (κ2) is 6.68. The average molecular weight is 294 g/mol. The molecule has 1 saturated heterocycles. The van der Waals surface area contributed by atoms with Crippen LogP contribution in [0, 0.1) is 11.3 Å². The number of carbonyl (C=O) groups excluding carboxylic acids is 1. The van der Waals surface area contributed by atoms with Crippen LogP contribution in [0.15, 0.2) is 0 Å². The van der Waals surface area contributed by atoms with Crippen molar-refractivity contribution >= 4 is 5.91 Å². The predicted octanol–water partition coefficient (Wildman–Crippen LogP) is 3.93. The summed E-state index contributed by atoms with van der Waals surface area (Å²) >= 11 is 0. The first kappa shape index (κ1) is 16.8. The lowest BCUT2D eigenvalue weighted by molar-refractivity contribution is -0.133. The lowest BCUT2D eigenvalue weighted by Gasteiger charge is -2.40. The van der Waals surface area contributed by atoms with Crippen molar-refractivity contribution in [3.63, 3.8) is 0 Å². The third-order valence-corrected chi connectivity index (χ3v) is 5.25. The first-order chi connectivity index (χ1) is 9.84. The smallest absolute Gasteiger partial charge is 0.241 e. The van der Waals surface area contributed by atoms with Crippen LogP contribution < -0.4 is 5.32 Å². The van der Waals surface area contributed by atoms with Crippen molar-refractivity contribution in [2.75, 3.05) is 0 Å². The molecule has 1 aliphatic carbocycles. The lowest BCUT2D eigenvalue weighted by Crippen LogP contribution is -2.47. The summed E-state index contributed by atoms with van der Waals surface area (Å²) in [6.07, 6.45) is 8.30. The van der Waals surface area contributed by atoms with Crippen molar-refractivity contribution in [1.29, 1.82) is 0 Å². The Balaban J connectivity index is 2.06.